The fraction of sp³-hybridized carbons (Fsp3) is 0.500. The van der Waals surface area contributed by atoms with Crippen molar-refractivity contribution < 1.29 is 13.2 Å². The van der Waals surface area contributed by atoms with Gasteiger partial charge in [-0.15, -0.1) is 10.2 Å². The highest BCUT2D eigenvalue weighted by molar-refractivity contribution is 7.90. The lowest BCUT2D eigenvalue weighted by atomic mass is 10.1. The smallest absolute Gasteiger partial charge is 0.224 e. The first-order chi connectivity index (χ1) is 12.3. The third-order valence-electron chi connectivity index (χ3n) is 4.80. The average Bonchev–Trinajstić information content (AvgIpc) is 3.25. The van der Waals surface area contributed by atoms with Crippen molar-refractivity contribution in [2.24, 2.45) is 0 Å². The molecule has 2 aromatic rings. The van der Waals surface area contributed by atoms with Crippen LogP contribution in [0, 0.1) is 0 Å². The number of hydrogen-bond acceptors (Lipinski definition) is 5. The first-order valence-electron chi connectivity index (χ1n) is 8.82. The lowest BCUT2D eigenvalue weighted by Gasteiger charge is -2.18. The van der Waals surface area contributed by atoms with Crippen molar-refractivity contribution in [3.8, 4) is 0 Å². The molecular formula is C18H24N4O3S. The number of amides is 1. The number of hydrogen-bond donors (Lipinski definition) is 1. The largest absolute Gasteiger partial charge is 0.346 e. The molecule has 0 aliphatic heterocycles. The first-order valence-corrected chi connectivity index (χ1v) is 10.7. The number of nitrogens with zero attached hydrogens (tertiary/aromatic N) is 3. The van der Waals surface area contributed by atoms with E-state index in [0.29, 0.717) is 6.04 Å². The summed E-state index contributed by atoms with van der Waals surface area (Å²) in [4.78, 5) is 12.6. The quantitative estimate of drug-likeness (QED) is 0.834. The van der Waals surface area contributed by atoms with Crippen molar-refractivity contribution in [2.45, 2.75) is 56.0 Å². The summed E-state index contributed by atoms with van der Waals surface area (Å²) in [5.74, 6) is 0.642. The van der Waals surface area contributed by atoms with Gasteiger partial charge in [-0.05, 0) is 37.5 Å². The van der Waals surface area contributed by atoms with Gasteiger partial charge in [0, 0.05) is 12.3 Å². The summed E-state index contributed by atoms with van der Waals surface area (Å²) < 4.78 is 25.1. The zero-order valence-corrected chi connectivity index (χ0v) is 15.9. The molecule has 1 unspecified atom stereocenters. The Bertz CT molecular complexity index is 868. The number of nitrogens with one attached hydrogen (secondary N) is 1. The Kier molecular flexibility index (Phi) is 5.41. The molecule has 1 aliphatic rings. The van der Waals surface area contributed by atoms with Gasteiger partial charge in [-0.3, -0.25) is 4.79 Å². The van der Waals surface area contributed by atoms with E-state index in [-0.39, 0.29) is 23.3 Å². The van der Waals surface area contributed by atoms with Crippen LogP contribution in [-0.4, -0.2) is 35.3 Å². The topological polar surface area (TPSA) is 93.9 Å². The van der Waals surface area contributed by atoms with Crippen LogP contribution in [0.2, 0.25) is 0 Å². The minimum atomic E-state index is -3.23. The van der Waals surface area contributed by atoms with Crippen molar-refractivity contribution in [1.29, 1.82) is 0 Å². The Morgan fingerprint density at radius 1 is 1.27 bits per heavy atom. The summed E-state index contributed by atoms with van der Waals surface area (Å²) in [5.41, 5.74) is 0.763. The minimum absolute atomic E-state index is 0.134. The van der Waals surface area contributed by atoms with Gasteiger partial charge in [-0.25, -0.2) is 8.42 Å². The summed E-state index contributed by atoms with van der Waals surface area (Å²) in [5, 5.41) is 11.2. The zero-order chi connectivity index (χ0) is 18.7. The Balaban J connectivity index is 1.62. The van der Waals surface area contributed by atoms with Gasteiger partial charge >= 0.3 is 0 Å². The third-order valence-corrected chi connectivity index (χ3v) is 5.93. The molecule has 1 aliphatic carbocycles. The molecule has 1 aromatic heterocycles. The van der Waals surface area contributed by atoms with Crippen molar-refractivity contribution in [3.63, 3.8) is 0 Å². The molecule has 0 bridgehead atoms. The highest BCUT2D eigenvalue weighted by Gasteiger charge is 2.23. The lowest BCUT2D eigenvalue weighted by Crippen LogP contribution is -2.30. The monoisotopic (exact) mass is 376 g/mol. The Morgan fingerprint density at radius 3 is 2.54 bits per heavy atom. The van der Waals surface area contributed by atoms with Crippen LogP contribution in [0.25, 0.3) is 0 Å². The van der Waals surface area contributed by atoms with Crippen LogP contribution >= 0.6 is 0 Å². The summed E-state index contributed by atoms with van der Waals surface area (Å²) in [6.45, 7) is 1.90. The predicted molar refractivity (Wildman–Crippen MR) is 97.3 cm³/mol. The number of carbonyl (C=O) groups excluding carboxylic acids is 1. The van der Waals surface area contributed by atoms with Crippen molar-refractivity contribution in [3.05, 3.63) is 42.0 Å². The molecule has 1 aromatic carbocycles. The van der Waals surface area contributed by atoms with Crippen molar-refractivity contribution in [1.82, 2.24) is 20.1 Å². The second kappa shape index (κ2) is 7.57. The SMILES string of the molecule is CC(NC(=O)Cc1ccc(S(C)(=O)=O)cc1)c1nncn1C1CCCC1. The van der Waals surface area contributed by atoms with Crippen LogP contribution < -0.4 is 5.32 Å². The third kappa shape index (κ3) is 4.30. The number of rotatable bonds is 6. The van der Waals surface area contributed by atoms with E-state index in [1.807, 2.05) is 6.92 Å². The maximum Gasteiger partial charge on any atom is 0.224 e. The maximum absolute atomic E-state index is 12.3. The molecule has 0 radical (unpaired) electrons. The van der Waals surface area contributed by atoms with E-state index < -0.39 is 9.84 Å². The maximum atomic E-state index is 12.3. The molecule has 1 saturated carbocycles. The van der Waals surface area contributed by atoms with Crippen LogP contribution in [0.1, 0.15) is 56.1 Å². The number of carbonyl (C=O) groups is 1. The van der Waals surface area contributed by atoms with Gasteiger partial charge in [-0.1, -0.05) is 25.0 Å². The van der Waals surface area contributed by atoms with Crippen LogP contribution in [0.3, 0.4) is 0 Å². The van der Waals surface area contributed by atoms with E-state index in [1.165, 1.54) is 25.0 Å². The van der Waals surface area contributed by atoms with E-state index in [2.05, 4.69) is 20.1 Å². The van der Waals surface area contributed by atoms with Gasteiger partial charge in [0.25, 0.3) is 0 Å². The van der Waals surface area contributed by atoms with Crippen LogP contribution in [-0.2, 0) is 21.1 Å². The van der Waals surface area contributed by atoms with Crippen molar-refractivity contribution >= 4 is 15.7 Å². The Morgan fingerprint density at radius 2 is 1.92 bits per heavy atom. The molecular weight excluding hydrogens is 352 g/mol. The predicted octanol–water partition coefficient (Wildman–Crippen LogP) is 2.22. The molecule has 1 N–H and O–H groups in total. The van der Waals surface area contributed by atoms with Crippen molar-refractivity contribution in [2.75, 3.05) is 6.26 Å². The number of benzene rings is 1. The molecule has 140 valence electrons. The molecule has 8 heteroatoms. The molecule has 0 spiro atoms. The standard InChI is InChI=1S/C18H24N4O3S/c1-13(18-21-19-12-22(18)15-5-3-4-6-15)20-17(23)11-14-7-9-16(10-8-14)26(2,24)25/h7-10,12-13,15H,3-6,11H2,1-2H3,(H,20,23). The summed E-state index contributed by atoms with van der Waals surface area (Å²) in [6.07, 6.45) is 7.77. The van der Waals surface area contributed by atoms with Gasteiger partial charge in [0.2, 0.25) is 5.91 Å². The average molecular weight is 376 g/mol. The highest BCUT2D eigenvalue weighted by atomic mass is 32.2. The summed E-state index contributed by atoms with van der Waals surface area (Å²) in [7, 11) is -3.23. The molecule has 1 atom stereocenters. The fourth-order valence-corrected chi connectivity index (χ4v) is 4.05. The van der Waals surface area contributed by atoms with Crippen LogP contribution in [0.5, 0.6) is 0 Å². The molecule has 3 rings (SSSR count). The van der Waals surface area contributed by atoms with E-state index in [0.717, 1.165) is 30.5 Å². The Labute approximate surface area is 153 Å². The highest BCUT2D eigenvalue weighted by Crippen LogP contribution is 2.31. The minimum Gasteiger partial charge on any atom is -0.346 e. The molecule has 26 heavy (non-hydrogen) atoms. The molecule has 0 saturated heterocycles. The molecule has 1 fully saturated rings. The summed E-state index contributed by atoms with van der Waals surface area (Å²) >= 11 is 0. The van der Waals surface area contributed by atoms with Gasteiger partial charge < -0.3 is 9.88 Å². The summed E-state index contributed by atoms with van der Waals surface area (Å²) in [6, 6.07) is 6.57. The van der Waals surface area contributed by atoms with Gasteiger partial charge in [-0.2, -0.15) is 0 Å². The normalized spacial score (nSPS) is 16.5. The van der Waals surface area contributed by atoms with E-state index in [1.54, 1.807) is 18.5 Å². The van der Waals surface area contributed by atoms with Crippen LogP contribution in [0.15, 0.2) is 35.5 Å². The lowest BCUT2D eigenvalue weighted by molar-refractivity contribution is -0.121. The first kappa shape index (κ1) is 18.6. The fourth-order valence-electron chi connectivity index (χ4n) is 3.42. The van der Waals surface area contributed by atoms with Gasteiger partial charge in [0.1, 0.15) is 6.33 Å². The van der Waals surface area contributed by atoms with Crippen LogP contribution in [0.4, 0.5) is 0 Å². The van der Waals surface area contributed by atoms with Gasteiger partial charge in [0.05, 0.1) is 17.4 Å². The van der Waals surface area contributed by atoms with E-state index in [4.69, 9.17) is 0 Å². The molecule has 7 nitrogen and oxygen atoms in total. The Hall–Kier alpha value is -2.22. The van der Waals surface area contributed by atoms with E-state index in [9.17, 15) is 13.2 Å². The van der Waals surface area contributed by atoms with Gasteiger partial charge in [0.15, 0.2) is 15.7 Å². The molecule has 1 heterocycles. The van der Waals surface area contributed by atoms with E-state index >= 15 is 0 Å². The molecule has 1 amide bonds. The second-order valence-electron chi connectivity index (χ2n) is 6.92. The second-order valence-corrected chi connectivity index (χ2v) is 8.93. The number of aromatic nitrogens is 3. The number of sulfone groups is 1. The zero-order valence-electron chi connectivity index (χ0n) is 15.1.